The highest BCUT2D eigenvalue weighted by atomic mass is 16.5. The van der Waals surface area contributed by atoms with E-state index in [9.17, 15) is 4.79 Å². The van der Waals surface area contributed by atoms with Gasteiger partial charge in [-0.1, -0.05) is 38.1 Å². The van der Waals surface area contributed by atoms with Gasteiger partial charge in [0.1, 0.15) is 12.4 Å². The van der Waals surface area contributed by atoms with Crippen molar-refractivity contribution < 1.29 is 9.53 Å². The molecule has 1 unspecified atom stereocenters. The first-order valence-electron chi connectivity index (χ1n) is 9.96. The standard InChI is InChI=1S/C24H29N3O2/c1-16(2)20-9-11-22(12-10-20)29-15-19-7-6-8-21(13-19)24(28)25-17(3)23-14-27(5)26-18(23)4/h6-14,16-17H,15H2,1-5H3,(H,25,28). The van der Waals surface area contributed by atoms with Gasteiger partial charge in [-0.15, -0.1) is 0 Å². The monoisotopic (exact) mass is 391 g/mol. The number of carbonyl (C=O) groups is 1. The van der Waals surface area contributed by atoms with Crippen molar-refractivity contribution in [1.29, 1.82) is 0 Å². The van der Waals surface area contributed by atoms with Gasteiger partial charge in [-0.25, -0.2) is 0 Å². The lowest BCUT2D eigenvalue weighted by Gasteiger charge is -2.14. The Labute approximate surface area is 172 Å². The molecule has 0 saturated carbocycles. The number of benzene rings is 2. The van der Waals surface area contributed by atoms with Crippen LogP contribution in [0.5, 0.6) is 5.75 Å². The van der Waals surface area contributed by atoms with Crippen LogP contribution in [-0.2, 0) is 13.7 Å². The molecule has 0 bridgehead atoms. The molecule has 0 aliphatic rings. The van der Waals surface area contributed by atoms with E-state index in [2.05, 4.69) is 36.4 Å². The number of rotatable bonds is 7. The summed E-state index contributed by atoms with van der Waals surface area (Å²) in [7, 11) is 1.88. The molecule has 1 aromatic heterocycles. The first-order chi connectivity index (χ1) is 13.8. The van der Waals surface area contributed by atoms with Crippen molar-refractivity contribution >= 4 is 5.91 Å². The van der Waals surface area contributed by atoms with Crippen LogP contribution in [0.15, 0.2) is 54.7 Å². The Morgan fingerprint density at radius 1 is 1.14 bits per heavy atom. The first kappa shape index (κ1) is 20.6. The molecule has 0 saturated heterocycles. The molecule has 1 heterocycles. The van der Waals surface area contributed by atoms with Crippen molar-refractivity contribution in [1.82, 2.24) is 15.1 Å². The summed E-state index contributed by atoms with van der Waals surface area (Å²) in [4.78, 5) is 12.7. The van der Waals surface area contributed by atoms with Crippen molar-refractivity contribution in [3.8, 4) is 5.75 Å². The third kappa shape index (κ3) is 5.25. The van der Waals surface area contributed by atoms with E-state index in [-0.39, 0.29) is 11.9 Å². The molecular weight excluding hydrogens is 362 g/mol. The molecule has 152 valence electrons. The Balaban J connectivity index is 1.62. The minimum atomic E-state index is -0.115. The zero-order valence-corrected chi connectivity index (χ0v) is 17.8. The number of amides is 1. The number of aryl methyl sites for hydroxylation is 2. The zero-order chi connectivity index (χ0) is 21.0. The van der Waals surface area contributed by atoms with E-state index in [0.717, 1.165) is 22.6 Å². The van der Waals surface area contributed by atoms with Gasteiger partial charge in [-0.3, -0.25) is 9.48 Å². The Kier molecular flexibility index (Phi) is 6.37. The quantitative estimate of drug-likeness (QED) is 0.622. The summed E-state index contributed by atoms with van der Waals surface area (Å²) < 4.78 is 7.65. The summed E-state index contributed by atoms with van der Waals surface area (Å²) in [6.07, 6.45) is 1.94. The Morgan fingerprint density at radius 3 is 2.48 bits per heavy atom. The van der Waals surface area contributed by atoms with Gasteiger partial charge in [0.2, 0.25) is 0 Å². The Morgan fingerprint density at radius 2 is 1.86 bits per heavy atom. The van der Waals surface area contributed by atoms with E-state index in [1.54, 1.807) is 4.68 Å². The van der Waals surface area contributed by atoms with Gasteiger partial charge in [0.05, 0.1) is 11.7 Å². The highest BCUT2D eigenvalue weighted by Crippen LogP contribution is 2.20. The average molecular weight is 392 g/mol. The summed E-state index contributed by atoms with van der Waals surface area (Å²) in [5, 5.41) is 7.39. The minimum absolute atomic E-state index is 0.108. The molecular formula is C24H29N3O2. The van der Waals surface area contributed by atoms with Crippen LogP contribution >= 0.6 is 0 Å². The maximum atomic E-state index is 12.7. The van der Waals surface area contributed by atoms with Crippen molar-refractivity contribution in [3.63, 3.8) is 0 Å². The topological polar surface area (TPSA) is 56.2 Å². The molecule has 5 nitrogen and oxygen atoms in total. The number of nitrogens with zero attached hydrogens (tertiary/aromatic N) is 2. The fourth-order valence-electron chi connectivity index (χ4n) is 3.32. The SMILES string of the molecule is Cc1nn(C)cc1C(C)NC(=O)c1cccc(COc2ccc(C(C)C)cc2)c1. The maximum Gasteiger partial charge on any atom is 0.251 e. The molecule has 1 atom stereocenters. The number of hydrogen-bond donors (Lipinski definition) is 1. The van der Waals surface area contributed by atoms with Gasteiger partial charge in [0, 0.05) is 24.4 Å². The van der Waals surface area contributed by atoms with Crippen molar-refractivity contribution in [2.45, 2.75) is 46.3 Å². The van der Waals surface area contributed by atoms with Crippen LogP contribution < -0.4 is 10.1 Å². The number of ether oxygens (including phenoxy) is 1. The van der Waals surface area contributed by atoms with Crippen LogP contribution in [0.2, 0.25) is 0 Å². The van der Waals surface area contributed by atoms with Crippen LogP contribution in [0, 0.1) is 6.92 Å². The molecule has 0 aliphatic heterocycles. The van der Waals surface area contributed by atoms with E-state index < -0.39 is 0 Å². The predicted molar refractivity (Wildman–Crippen MR) is 115 cm³/mol. The van der Waals surface area contributed by atoms with Gasteiger partial charge >= 0.3 is 0 Å². The van der Waals surface area contributed by atoms with Gasteiger partial charge in [-0.05, 0) is 55.2 Å². The van der Waals surface area contributed by atoms with E-state index in [1.165, 1.54) is 5.56 Å². The lowest BCUT2D eigenvalue weighted by Crippen LogP contribution is -2.27. The maximum absolute atomic E-state index is 12.7. The molecule has 3 aromatic rings. The third-order valence-electron chi connectivity index (χ3n) is 5.01. The summed E-state index contributed by atoms with van der Waals surface area (Å²) >= 11 is 0. The molecule has 3 rings (SSSR count). The van der Waals surface area contributed by atoms with Gasteiger partial charge in [0.15, 0.2) is 0 Å². The number of carbonyl (C=O) groups excluding carboxylic acids is 1. The van der Waals surface area contributed by atoms with Crippen LogP contribution in [0.4, 0.5) is 0 Å². The largest absolute Gasteiger partial charge is 0.489 e. The zero-order valence-electron chi connectivity index (χ0n) is 17.8. The fraction of sp³-hybridized carbons (Fsp3) is 0.333. The highest BCUT2D eigenvalue weighted by molar-refractivity contribution is 5.94. The third-order valence-corrected chi connectivity index (χ3v) is 5.01. The molecule has 0 aliphatic carbocycles. The summed E-state index contributed by atoms with van der Waals surface area (Å²) in [5.74, 6) is 1.21. The molecule has 2 aromatic carbocycles. The van der Waals surface area contributed by atoms with Crippen LogP contribution in [-0.4, -0.2) is 15.7 Å². The van der Waals surface area contributed by atoms with E-state index >= 15 is 0 Å². The highest BCUT2D eigenvalue weighted by Gasteiger charge is 2.15. The lowest BCUT2D eigenvalue weighted by molar-refractivity contribution is 0.0939. The molecule has 0 fully saturated rings. The van der Waals surface area contributed by atoms with E-state index in [4.69, 9.17) is 4.74 Å². The van der Waals surface area contributed by atoms with Crippen LogP contribution in [0.3, 0.4) is 0 Å². The smallest absolute Gasteiger partial charge is 0.251 e. The second-order valence-corrected chi connectivity index (χ2v) is 7.75. The average Bonchev–Trinajstić information content (AvgIpc) is 3.05. The van der Waals surface area contributed by atoms with Crippen LogP contribution in [0.25, 0.3) is 0 Å². The van der Waals surface area contributed by atoms with Gasteiger partial charge in [-0.2, -0.15) is 5.10 Å². The number of hydrogen-bond acceptors (Lipinski definition) is 3. The summed E-state index contributed by atoms with van der Waals surface area (Å²) in [6.45, 7) is 8.67. The second kappa shape index (κ2) is 8.95. The van der Waals surface area contributed by atoms with Gasteiger partial charge < -0.3 is 10.1 Å². The molecule has 1 amide bonds. The fourth-order valence-corrected chi connectivity index (χ4v) is 3.32. The Hall–Kier alpha value is -3.08. The Bertz CT molecular complexity index is 974. The number of aromatic nitrogens is 2. The van der Waals surface area contributed by atoms with Crippen molar-refractivity contribution in [2.75, 3.05) is 0 Å². The first-order valence-corrected chi connectivity index (χ1v) is 9.96. The molecule has 29 heavy (non-hydrogen) atoms. The van der Waals surface area contributed by atoms with Crippen LogP contribution in [0.1, 0.15) is 65.5 Å². The normalized spacial score (nSPS) is 12.1. The van der Waals surface area contributed by atoms with E-state index in [0.29, 0.717) is 18.1 Å². The molecule has 5 heteroatoms. The summed E-state index contributed by atoms with van der Waals surface area (Å²) in [5.41, 5.74) is 4.80. The summed E-state index contributed by atoms with van der Waals surface area (Å²) in [6, 6.07) is 15.6. The molecule has 1 N–H and O–H groups in total. The predicted octanol–water partition coefficient (Wildman–Crippen LogP) is 4.92. The minimum Gasteiger partial charge on any atom is -0.489 e. The van der Waals surface area contributed by atoms with Gasteiger partial charge in [0.25, 0.3) is 5.91 Å². The molecule has 0 radical (unpaired) electrons. The number of nitrogens with one attached hydrogen (secondary N) is 1. The lowest BCUT2D eigenvalue weighted by atomic mass is 10.0. The van der Waals surface area contributed by atoms with E-state index in [1.807, 2.05) is 63.5 Å². The molecule has 0 spiro atoms. The second-order valence-electron chi connectivity index (χ2n) is 7.75. The van der Waals surface area contributed by atoms with Crippen molar-refractivity contribution in [3.05, 3.63) is 82.7 Å². The van der Waals surface area contributed by atoms with Crippen molar-refractivity contribution in [2.24, 2.45) is 7.05 Å².